The molecule has 2 rings (SSSR count). The third kappa shape index (κ3) is 2.74. The normalized spacial score (nSPS) is 10.1. The number of hydrogen-bond donors (Lipinski definition) is 1. The highest BCUT2D eigenvalue weighted by Crippen LogP contribution is 2.14. The van der Waals surface area contributed by atoms with E-state index in [1.54, 1.807) is 19.4 Å². The van der Waals surface area contributed by atoms with E-state index in [4.69, 9.17) is 0 Å². The van der Waals surface area contributed by atoms with Crippen molar-refractivity contribution < 1.29 is 4.79 Å². The average molecular weight is 240 g/mol. The molecule has 1 aromatic carbocycles. The lowest BCUT2D eigenvalue weighted by Gasteiger charge is -2.08. The van der Waals surface area contributed by atoms with Crippen molar-refractivity contribution in [3.05, 3.63) is 65.0 Å². The minimum atomic E-state index is -0.0924. The van der Waals surface area contributed by atoms with Gasteiger partial charge < -0.3 is 5.32 Å². The third-order valence-electron chi connectivity index (χ3n) is 2.90. The summed E-state index contributed by atoms with van der Waals surface area (Å²) in [5, 5.41) is 2.64. The summed E-state index contributed by atoms with van der Waals surface area (Å²) < 4.78 is 0. The van der Waals surface area contributed by atoms with E-state index in [0.29, 0.717) is 5.56 Å². The average Bonchev–Trinajstić information content (AvgIpc) is 2.41. The van der Waals surface area contributed by atoms with Crippen LogP contribution in [-0.4, -0.2) is 17.9 Å². The fourth-order valence-corrected chi connectivity index (χ4v) is 1.84. The minimum absolute atomic E-state index is 0.0924. The highest BCUT2D eigenvalue weighted by Gasteiger charge is 2.09. The maximum atomic E-state index is 11.7. The van der Waals surface area contributed by atoms with E-state index < -0.39 is 0 Å². The van der Waals surface area contributed by atoms with Crippen LogP contribution in [0.1, 0.15) is 27.0 Å². The number of amides is 1. The second-order valence-corrected chi connectivity index (χ2v) is 4.27. The van der Waals surface area contributed by atoms with Crippen LogP contribution in [0.15, 0.2) is 42.7 Å². The van der Waals surface area contributed by atoms with Gasteiger partial charge in [0.05, 0.1) is 5.56 Å². The summed E-state index contributed by atoms with van der Waals surface area (Å²) in [5.41, 5.74) is 4.06. The Balaban J connectivity index is 2.28. The van der Waals surface area contributed by atoms with Crippen LogP contribution in [0.2, 0.25) is 0 Å². The van der Waals surface area contributed by atoms with Gasteiger partial charge in [0.1, 0.15) is 0 Å². The van der Waals surface area contributed by atoms with Crippen LogP contribution in [0.5, 0.6) is 0 Å². The highest BCUT2D eigenvalue weighted by atomic mass is 16.1. The number of aromatic nitrogens is 1. The van der Waals surface area contributed by atoms with Crippen molar-refractivity contribution in [1.82, 2.24) is 10.3 Å². The largest absolute Gasteiger partial charge is 0.355 e. The number of pyridine rings is 1. The highest BCUT2D eigenvalue weighted by molar-refractivity contribution is 5.95. The zero-order chi connectivity index (χ0) is 13.0. The summed E-state index contributed by atoms with van der Waals surface area (Å²) in [7, 11) is 1.63. The molecule has 0 aliphatic carbocycles. The molecule has 0 radical (unpaired) electrons. The molecule has 0 fully saturated rings. The van der Waals surface area contributed by atoms with E-state index in [1.807, 2.05) is 6.07 Å². The number of carbonyl (C=O) groups is 1. The van der Waals surface area contributed by atoms with Crippen molar-refractivity contribution in [2.45, 2.75) is 13.3 Å². The van der Waals surface area contributed by atoms with Gasteiger partial charge in [0.25, 0.3) is 5.91 Å². The molecule has 1 heterocycles. The molecule has 3 heteroatoms. The van der Waals surface area contributed by atoms with Crippen LogP contribution in [0.25, 0.3) is 0 Å². The lowest BCUT2D eigenvalue weighted by atomic mass is 10.0. The van der Waals surface area contributed by atoms with E-state index in [2.05, 4.69) is 41.5 Å². The van der Waals surface area contributed by atoms with E-state index in [9.17, 15) is 4.79 Å². The van der Waals surface area contributed by atoms with Gasteiger partial charge in [-0.1, -0.05) is 29.8 Å². The van der Waals surface area contributed by atoms with Crippen LogP contribution in [0.3, 0.4) is 0 Å². The summed E-state index contributed by atoms with van der Waals surface area (Å²) >= 11 is 0. The molecule has 0 spiro atoms. The van der Waals surface area contributed by atoms with Gasteiger partial charge in [-0.25, -0.2) is 0 Å². The van der Waals surface area contributed by atoms with Crippen molar-refractivity contribution in [3.8, 4) is 0 Å². The molecule has 92 valence electrons. The molecule has 1 amide bonds. The molecule has 0 saturated heterocycles. The Bertz CT molecular complexity index is 547. The number of nitrogens with one attached hydrogen (secondary N) is 1. The second kappa shape index (κ2) is 5.45. The van der Waals surface area contributed by atoms with E-state index >= 15 is 0 Å². The van der Waals surface area contributed by atoms with E-state index in [-0.39, 0.29) is 5.91 Å². The summed E-state index contributed by atoms with van der Waals surface area (Å²) in [5.74, 6) is -0.0924. The summed E-state index contributed by atoms with van der Waals surface area (Å²) in [4.78, 5) is 15.7. The number of aryl methyl sites for hydroxylation is 1. The third-order valence-corrected chi connectivity index (χ3v) is 2.90. The van der Waals surface area contributed by atoms with Gasteiger partial charge in [-0.05, 0) is 30.5 Å². The van der Waals surface area contributed by atoms with Gasteiger partial charge in [-0.2, -0.15) is 0 Å². The van der Waals surface area contributed by atoms with Crippen LogP contribution < -0.4 is 5.32 Å². The van der Waals surface area contributed by atoms with E-state index in [1.165, 1.54) is 11.1 Å². The first-order valence-electron chi connectivity index (χ1n) is 5.91. The summed E-state index contributed by atoms with van der Waals surface area (Å²) in [6, 6.07) is 10.2. The Hall–Kier alpha value is -2.16. The molecule has 3 nitrogen and oxygen atoms in total. The quantitative estimate of drug-likeness (QED) is 0.894. The molecule has 0 aliphatic heterocycles. The van der Waals surface area contributed by atoms with Crippen LogP contribution in [0, 0.1) is 6.92 Å². The topological polar surface area (TPSA) is 42.0 Å². The van der Waals surface area contributed by atoms with Gasteiger partial charge in [0.15, 0.2) is 0 Å². The molecule has 0 atom stereocenters. The van der Waals surface area contributed by atoms with Gasteiger partial charge in [0.2, 0.25) is 0 Å². The molecule has 2 aromatic rings. The number of nitrogens with zero attached hydrogens (tertiary/aromatic N) is 1. The van der Waals surface area contributed by atoms with Crippen molar-refractivity contribution >= 4 is 5.91 Å². The second-order valence-electron chi connectivity index (χ2n) is 4.27. The minimum Gasteiger partial charge on any atom is -0.355 e. The Labute approximate surface area is 107 Å². The molecule has 0 saturated carbocycles. The van der Waals surface area contributed by atoms with Gasteiger partial charge in [-0.3, -0.25) is 9.78 Å². The zero-order valence-electron chi connectivity index (χ0n) is 10.6. The molecule has 0 unspecified atom stereocenters. The standard InChI is InChI=1S/C15H16N2O/c1-11-3-5-12(6-4-11)9-13-7-8-17-10-14(13)15(18)16-2/h3-8,10H,9H2,1-2H3,(H,16,18). The monoisotopic (exact) mass is 240 g/mol. The Morgan fingerprint density at radius 3 is 2.61 bits per heavy atom. The van der Waals surface area contributed by atoms with Crippen LogP contribution in [-0.2, 0) is 6.42 Å². The molecule has 1 aromatic heterocycles. The maximum absolute atomic E-state index is 11.7. The fourth-order valence-electron chi connectivity index (χ4n) is 1.84. The molecule has 1 N–H and O–H groups in total. The molecule has 18 heavy (non-hydrogen) atoms. The first kappa shape index (κ1) is 12.3. The SMILES string of the molecule is CNC(=O)c1cnccc1Cc1ccc(C)cc1. The number of hydrogen-bond acceptors (Lipinski definition) is 2. The van der Waals surface area contributed by atoms with Crippen LogP contribution >= 0.6 is 0 Å². The van der Waals surface area contributed by atoms with Crippen molar-refractivity contribution in [2.75, 3.05) is 7.05 Å². The predicted octanol–water partition coefficient (Wildman–Crippen LogP) is 2.34. The molecule has 0 bridgehead atoms. The zero-order valence-corrected chi connectivity index (χ0v) is 10.6. The van der Waals surface area contributed by atoms with Crippen LogP contribution in [0.4, 0.5) is 0 Å². The maximum Gasteiger partial charge on any atom is 0.252 e. The Morgan fingerprint density at radius 2 is 1.94 bits per heavy atom. The summed E-state index contributed by atoms with van der Waals surface area (Å²) in [6.45, 7) is 2.06. The number of carbonyl (C=O) groups excluding carboxylic acids is 1. The molecular weight excluding hydrogens is 224 g/mol. The molecular formula is C15H16N2O. The van der Waals surface area contributed by atoms with Gasteiger partial charge in [0, 0.05) is 19.4 Å². The Kier molecular flexibility index (Phi) is 3.72. The van der Waals surface area contributed by atoms with Crippen molar-refractivity contribution in [3.63, 3.8) is 0 Å². The first-order chi connectivity index (χ1) is 8.70. The number of benzene rings is 1. The van der Waals surface area contributed by atoms with Crippen molar-refractivity contribution in [2.24, 2.45) is 0 Å². The van der Waals surface area contributed by atoms with Gasteiger partial charge in [-0.15, -0.1) is 0 Å². The predicted molar refractivity (Wildman–Crippen MR) is 71.6 cm³/mol. The summed E-state index contributed by atoms with van der Waals surface area (Å²) in [6.07, 6.45) is 4.07. The van der Waals surface area contributed by atoms with E-state index in [0.717, 1.165) is 12.0 Å². The lowest BCUT2D eigenvalue weighted by Crippen LogP contribution is -2.19. The molecule has 0 aliphatic rings. The number of rotatable bonds is 3. The lowest BCUT2D eigenvalue weighted by molar-refractivity contribution is 0.0962. The first-order valence-corrected chi connectivity index (χ1v) is 5.91. The van der Waals surface area contributed by atoms with Gasteiger partial charge >= 0.3 is 0 Å². The fraction of sp³-hybridized carbons (Fsp3) is 0.200. The Morgan fingerprint density at radius 1 is 1.22 bits per heavy atom. The van der Waals surface area contributed by atoms with Crippen molar-refractivity contribution in [1.29, 1.82) is 0 Å². The smallest absolute Gasteiger partial charge is 0.252 e.